The minimum absolute atomic E-state index is 0.143. The van der Waals surface area contributed by atoms with Gasteiger partial charge in [0.1, 0.15) is 5.82 Å². The number of carboxylic acids is 1. The molecule has 1 aromatic heterocycles. The van der Waals surface area contributed by atoms with Crippen LogP contribution in [0.3, 0.4) is 0 Å². The first-order chi connectivity index (χ1) is 14.0. The number of aliphatic carboxylic acids is 1. The van der Waals surface area contributed by atoms with Gasteiger partial charge in [0, 0.05) is 13.0 Å². The summed E-state index contributed by atoms with van der Waals surface area (Å²) >= 11 is 0. The molecule has 2 aromatic rings. The first kappa shape index (κ1) is 19.6. The summed E-state index contributed by atoms with van der Waals surface area (Å²) in [6, 6.07) is 6.39. The molecule has 1 fully saturated rings. The molecule has 1 N–H and O–H groups in total. The second-order valence-electron chi connectivity index (χ2n) is 8.23. The molecule has 1 aromatic carbocycles. The summed E-state index contributed by atoms with van der Waals surface area (Å²) in [6.07, 6.45) is 6.11. The molecule has 0 unspecified atom stereocenters. The summed E-state index contributed by atoms with van der Waals surface area (Å²) in [4.78, 5) is 25.9. The Morgan fingerprint density at radius 3 is 2.55 bits per heavy atom. The van der Waals surface area contributed by atoms with E-state index in [4.69, 9.17) is 5.11 Å². The van der Waals surface area contributed by atoms with Crippen LogP contribution >= 0.6 is 0 Å². The number of carbonyl (C=O) groups excluding carboxylic acids is 1. The van der Waals surface area contributed by atoms with Gasteiger partial charge in [-0.1, -0.05) is 12.1 Å². The number of nitrogens with zero attached hydrogens (tertiary/aromatic N) is 3. The number of amides is 1. The molecule has 2 heterocycles. The van der Waals surface area contributed by atoms with Gasteiger partial charge >= 0.3 is 5.97 Å². The lowest BCUT2D eigenvalue weighted by Crippen LogP contribution is -2.38. The zero-order valence-electron chi connectivity index (χ0n) is 16.4. The summed E-state index contributed by atoms with van der Waals surface area (Å²) in [7, 11) is 0. The minimum Gasteiger partial charge on any atom is -0.481 e. The lowest BCUT2D eigenvalue weighted by atomic mass is 9.80. The van der Waals surface area contributed by atoms with Crippen LogP contribution < -0.4 is 0 Å². The molecule has 1 aliphatic carbocycles. The average molecular weight is 399 g/mol. The second-order valence-corrected chi connectivity index (χ2v) is 8.23. The third kappa shape index (κ3) is 4.49. The zero-order chi connectivity index (χ0) is 20.4. The molecule has 0 spiro atoms. The first-order valence-electron chi connectivity index (χ1n) is 10.3. The predicted octanol–water partition coefficient (Wildman–Crippen LogP) is 3.24. The van der Waals surface area contributed by atoms with E-state index in [-0.39, 0.29) is 23.6 Å². The highest BCUT2D eigenvalue weighted by atomic mass is 19.1. The van der Waals surface area contributed by atoms with Crippen molar-refractivity contribution in [2.75, 3.05) is 6.54 Å². The van der Waals surface area contributed by atoms with Crippen molar-refractivity contribution in [2.45, 2.75) is 51.6 Å². The number of aromatic nitrogens is 2. The van der Waals surface area contributed by atoms with Crippen molar-refractivity contribution in [3.05, 3.63) is 53.1 Å². The molecule has 0 atom stereocenters. The molecule has 6 nitrogen and oxygen atoms in total. The molecular formula is C22H26FN3O3. The Morgan fingerprint density at radius 1 is 1.14 bits per heavy atom. The predicted molar refractivity (Wildman–Crippen MR) is 105 cm³/mol. The Bertz CT molecular complexity index is 885. The van der Waals surface area contributed by atoms with Crippen molar-refractivity contribution in [1.29, 1.82) is 0 Å². The highest BCUT2D eigenvalue weighted by Gasteiger charge is 2.30. The summed E-state index contributed by atoms with van der Waals surface area (Å²) in [5, 5.41) is 13.6. The number of benzene rings is 1. The first-order valence-corrected chi connectivity index (χ1v) is 10.3. The number of halogens is 1. The van der Waals surface area contributed by atoms with Crippen LogP contribution in [-0.4, -0.2) is 38.2 Å². The van der Waals surface area contributed by atoms with Gasteiger partial charge in [0.2, 0.25) is 5.91 Å². The Labute approximate surface area is 169 Å². The van der Waals surface area contributed by atoms with E-state index in [0.717, 1.165) is 36.1 Å². The summed E-state index contributed by atoms with van der Waals surface area (Å²) in [5.41, 5.74) is 3.18. The Balaban J connectivity index is 1.37. The Hall–Kier alpha value is -2.70. The number of carboxylic acid groups (broad SMARTS) is 1. The van der Waals surface area contributed by atoms with Crippen LogP contribution in [0.1, 0.15) is 48.9 Å². The number of rotatable bonds is 5. The molecular weight excluding hydrogens is 373 g/mol. The van der Waals surface area contributed by atoms with Crippen LogP contribution in [0.5, 0.6) is 0 Å². The van der Waals surface area contributed by atoms with Gasteiger partial charge in [0.25, 0.3) is 0 Å². The summed E-state index contributed by atoms with van der Waals surface area (Å²) in [5.74, 6) is -0.801. The third-order valence-electron chi connectivity index (χ3n) is 6.28. The van der Waals surface area contributed by atoms with Crippen LogP contribution in [0.15, 0.2) is 30.5 Å². The van der Waals surface area contributed by atoms with E-state index in [2.05, 4.69) is 5.10 Å². The van der Waals surface area contributed by atoms with Gasteiger partial charge in [0.15, 0.2) is 0 Å². The van der Waals surface area contributed by atoms with Gasteiger partial charge in [-0.15, -0.1) is 0 Å². The van der Waals surface area contributed by atoms with Crippen LogP contribution in [0, 0.1) is 17.7 Å². The third-order valence-corrected chi connectivity index (χ3v) is 6.28. The molecule has 4 rings (SSSR count). The smallest absolute Gasteiger partial charge is 0.306 e. The number of hydrogen-bond acceptors (Lipinski definition) is 3. The van der Waals surface area contributed by atoms with Crippen LogP contribution in [0.2, 0.25) is 0 Å². The van der Waals surface area contributed by atoms with Gasteiger partial charge in [-0.3, -0.25) is 14.3 Å². The largest absolute Gasteiger partial charge is 0.481 e. The molecule has 0 bridgehead atoms. The molecule has 1 aliphatic heterocycles. The molecule has 0 saturated heterocycles. The maximum Gasteiger partial charge on any atom is 0.306 e. The highest BCUT2D eigenvalue weighted by molar-refractivity contribution is 5.77. The lowest BCUT2D eigenvalue weighted by Gasteiger charge is -2.31. The fourth-order valence-electron chi connectivity index (χ4n) is 4.46. The van der Waals surface area contributed by atoms with Crippen LogP contribution in [0.4, 0.5) is 4.39 Å². The van der Waals surface area contributed by atoms with Crippen LogP contribution in [0.25, 0.3) is 0 Å². The van der Waals surface area contributed by atoms with Gasteiger partial charge in [0.05, 0.1) is 30.9 Å². The fraction of sp³-hybridized carbons (Fsp3) is 0.500. The minimum atomic E-state index is -0.715. The number of fused-ring (bicyclic) bond motifs is 1. The van der Waals surface area contributed by atoms with Gasteiger partial charge < -0.3 is 10.0 Å². The van der Waals surface area contributed by atoms with Gasteiger partial charge in [-0.05, 0) is 61.3 Å². The van der Waals surface area contributed by atoms with Crippen molar-refractivity contribution in [2.24, 2.45) is 11.8 Å². The molecule has 7 heteroatoms. The van der Waals surface area contributed by atoms with Crippen molar-refractivity contribution in [1.82, 2.24) is 14.7 Å². The van der Waals surface area contributed by atoms with Crippen molar-refractivity contribution in [3.8, 4) is 0 Å². The fourth-order valence-corrected chi connectivity index (χ4v) is 4.46. The molecule has 154 valence electrons. The molecule has 1 saturated carbocycles. The Kier molecular flexibility index (Phi) is 5.65. The average Bonchev–Trinajstić information content (AvgIpc) is 3.12. The van der Waals surface area contributed by atoms with E-state index in [1.54, 1.807) is 12.1 Å². The van der Waals surface area contributed by atoms with E-state index in [1.165, 1.54) is 12.1 Å². The molecule has 1 amide bonds. The maximum absolute atomic E-state index is 13.1. The van der Waals surface area contributed by atoms with E-state index < -0.39 is 5.97 Å². The quantitative estimate of drug-likeness (QED) is 0.838. The van der Waals surface area contributed by atoms with E-state index >= 15 is 0 Å². The van der Waals surface area contributed by atoms with Gasteiger partial charge in [-0.2, -0.15) is 5.10 Å². The SMILES string of the molecule is O=C(C[C@H]1CC[C@@H](C(=O)O)CC1)N1CCc2cnn(Cc3ccc(F)cc3)c2C1. The lowest BCUT2D eigenvalue weighted by molar-refractivity contribution is -0.143. The normalized spacial score (nSPS) is 21.6. The van der Waals surface area contributed by atoms with Crippen molar-refractivity contribution in [3.63, 3.8) is 0 Å². The molecule has 2 aliphatic rings. The zero-order valence-corrected chi connectivity index (χ0v) is 16.4. The maximum atomic E-state index is 13.1. The van der Waals surface area contributed by atoms with Crippen LogP contribution in [-0.2, 0) is 29.1 Å². The summed E-state index contributed by atoms with van der Waals surface area (Å²) in [6.45, 7) is 1.79. The molecule has 0 radical (unpaired) electrons. The topological polar surface area (TPSA) is 75.4 Å². The second kappa shape index (κ2) is 8.35. The number of hydrogen-bond donors (Lipinski definition) is 1. The van der Waals surface area contributed by atoms with E-state index in [1.807, 2.05) is 15.8 Å². The van der Waals surface area contributed by atoms with Crippen molar-refractivity contribution >= 4 is 11.9 Å². The van der Waals surface area contributed by atoms with E-state index in [0.29, 0.717) is 38.9 Å². The standard InChI is InChI=1S/C22H26FN3O3/c23-19-7-3-16(4-8-19)13-26-20-14-25(10-9-18(20)12-24-26)21(27)11-15-1-5-17(6-2-15)22(28)29/h3-4,7-8,12,15,17H,1-2,5-6,9-11,13-14H2,(H,28,29)/t15-,17+. The van der Waals surface area contributed by atoms with Crippen molar-refractivity contribution < 1.29 is 19.1 Å². The summed E-state index contributed by atoms with van der Waals surface area (Å²) < 4.78 is 15.0. The molecule has 29 heavy (non-hydrogen) atoms. The Morgan fingerprint density at radius 2 is 1.86 bits per heavy atom. The highest BCUT2D eigenvalue weighted by Crippen LogP contribution is 2.32. The monoisotopic (exact) mass is 399 g/mol. The van der Waals surface area contributed by atoms with Gasteiger partial charge in [-0.25, -0.2) is 4.39 Å². The number of carbonyl (C=O) groups is 2. The van der Waals surface area contributed by atoms with E-state index in [9.17, 15) is 14.0 Å².